The molecular weight excluding hydrogens is 198 g/mol. The maximum Gasteiger partial charge on any atom is 0.0581 e. The number of aliphatic hydroxyl groups is 1. The van der Waals surface area contributed by atoms with Gasteiger partial charge in [-0.1, -0.05) is 20.8 Å². The molecule has 0 aliphatic heterocycles. The number of aliphatic hydroxyl groups excluding tert-OH is 1. The lowest BCUT2D eigenvalue weighted by atomic mass is 9.70. The third kappa shape index (κ3) is 3.74. The van der Waals surface area contributed by atoms with Crippen molar-refractivity contribution in [2.75, 3.05) is 13.1 Å². The molecule has 0 amide bonds. The van der Waals surface area contributed by atoms with Crippen molar-refractivity contribution in [2.24, 2.45) is 11.3 Å². The van der Waals surface area contributed by atoms with Gasteiger partial charge in [0.2, 0.25) is 0 Å². The van der Waals surface area contributed by atoms with Crippen molar-refractivity contribution >= 4 is 0 Å². The van der Waals surface area contributed by atoms with Crippen LogP contribution in [0.3, 0.4) is 0 Å². The van der Waals surface area contributed by atoms with Gasteiger partial charge < -0.3 is 10.0 Å². The first-order valence-corrected chi connectivity index (χ1v) is 6.78. The Morgan fingerprint density at radius 2 is 2.00 bits per heavy atom. The Morgan fingerprint density at radius 1 is 1.38 bits per heavy atom. The third-order valence-electron chi connectivity index (χ3n) is 4.08. The largest absolute Gasteiger partial charge is 0.393 e. The lowest BCUT2D eigenvalue weighted by Crippen LogP contribution is -2.43. The van der Waals surface area contributed by atoms with Gasteiger partial charge in [0.1, 0.15) is 0 Å². The van der Waals surface area contributed by atoms with Crippen LogP contribution in [0.5, 0.6) is 0 Å². The SMILES string of the molecule is CCN(CC1CC(C)(C)CCC1O)C(C)C. The van der Waals surface area contributed by atoms with E-state index in [0.717, 1.165) is 25.9 Å². The average Bonchev–Trinajstić information content (AvgIpc) is 2.18. The van der Waals surface area contributed by atoms with Gasteiger partial charge in [-0.25, -0.2) is 0 Å². The molecular formula is C14H29NO. The fourth-order valence-corrected chi connectivity index (χ4v) is 2.91. The molecule has 1 aliphatic carbocycles. The highest BCUT2D eigenvalue weighted by Gasteiger charge is 2.34. The normalized spacial score (nSPS) is 30.0. The number of rotatable bonds is 4. The Morgan fingerprint density at radius 3 is 2.50 bits per heavy atom. The molecule has 0 aromatic carbocycles. The van der Waals surface area contributed by atoms with E-state index >= 15 is 0 Å². The first-order chi connectivity index (χ1) is 7.35. The molecule has 0 bridgehead atoms. The molecule has 0 aromatic heterocycles. The summed E-state index contributed by atoms with van der Waals surface area (Å²) in [5.41, 5.74) is 0.417. The molecule has 1 saturated carbocycles. The molecule has 1 rings (SSSR count). The van der Waals surface area contributed by atoms with Crippen molar-refractivity contribution < 1.29 is 5.11 Å². The van der Waals surface area contributed by atoms with Gasteiger partial charge in [0.15, 0.2) is 0 Å². The molecule has 1 aliphatic rings. The summed E-state index contributed by atoms with van der Waals surface area (Å²) in [5, 5.41) is 10.1. The molecule has 0 heterocycles. The molecule has 16 heavy (non-hydrogen) atoms. The van der Waals surface area contributed by atoms with Gasteiger partial charge in [-0.2, -0.15) is 0 Å². The van der Waals surface area contributed by atoms with E-state index in [2.05, 4.69) is 39.5 Å². The van der Waals surface area contributed by atoms with E-state index in [1.807, 2.05) is 0 Å². The second kappa shape index (κ2) is 5.50. The van der Waals surface area contributed by atoms with Crippen molar-refractivity contribution in [3.63, 3.8) is 0 Å². The molecule has 0 spiro atoms. The van der Waals surface area contributed by atoms with Crippen LogP contribution in [0.25, 0.3) is 0 Å². The molecule has 2 atom stereocenters. The zero-order valence-electron chi connectivity index (χ0n) is 11.7. The topological polar surface area (TPSA) is 23.5 Å². The van der Waals surface area contributed by atoms with Crippen LogP contribution in [0.4, 0.5) is 0 Å². The number of hydrogen-bond acceptors (Lipinski definition) is 2. The van der Waals surface area contributed by atoms with E-state index < -0.39 is 0 Å². The second-order valence-corrected chi connectivity index (χ2v) is 6.42. The molecule has 0 aromatic rings. The van der Waals surface area contributed by atoms with E-state index in [9.17, 15) is 5.11 Å². The predicted molar refractivity (Wildman–Crippen MR) is 69.5 cm³/mol. The molecule has 1 fully saturated rings. The summed E-state index contributed by atoms with van der Waals surface area (Å²) in [6.07, 6.45) is 3.23. The average molecular weight is 227 g/mol. The van der Waals surface area contributed by atoms with Gasteiger partial charge in [0, 0.05) is 12.6 Å². The highest BCUT2D eigenvalue weighted by molar-refractivity contribution is 4.86. The summed E-state index contributed by atoms with van der Waals surface area (Å²) in [5.74, 6) is 0.464. The van der Waals surface area contributed by atoms with Crippen LogP contribution in [-0.4, -0.2) is 35.2 Å². The predicted octanol–water partition coefficient (Wildman–Crippen LogP) is 2.90. The number of hydrogen-bond donors (Lipinski definition) is 1. The van der Waals surface area contributed by atoms with Crippen molar-refractivity contribution in [3.8, 4) is 0 Å². The summed E-state index contributed by atoms with van der Waals surface area (Å²) in [6, 6.07) is 0.585. The first-order valence-electron chi connectivity index (χ1n) is 6.78. The Hall–Kier alpha value is -0.0800. The van der Waals surface area contributed by atoms with Gasteiger partial charge >= 0.3 is 0 Å². The highest BCUT2D eigenvalue weighted by atomic mass is 16.3. The Labute approximate surface area is 101 Å². The smallest absolute Gasteiger partial charge is 0.0581 e. The highest BCUT2D eigenvalue weighted by Crippen LogP contribution is 2.39. The molecule has 0 saturated heterocycles. The second-order valence-electron chi connectivity index (χ2n) is 6.42. The van der Waals surface area contributed by atoms with Crippen LogP contribution in [0.15, 0.2) is 0 Å². The Balaban J connectivity index is 2.56. The maximum absolute atomic E-state index is 10.1. The minimum absolute atomic E-state index is 0.0826. The molecule has 2 heteroatoms. The van der Waals surface area contributed by atoms with Crippen LogP contribution >= 0.6 is 0 Å². The fraction of sp³-hybridized carbons (Fsp3) is 1.00. The summed E-state index contributed by atoms with van der Waals surface area (Å²) >= 11 is 0. The van der Waals surface area contributed by atoms with E-state index in [1.165, 1.54) is 6.42 Å². The standard InChI is InChI=1S/C14H29NO/c1-6-15(11(2)3)10-12-9-14(4,5)8-7-13(12)16/h11-13,16H,6-10H2,1-5H3. The first kappa shape index (κ1) is 14.0. The molecule has 2 unspecified atom stereocenters. The van der Waals surface area contributed by atoms with Crippen LogP contribution in [-0.2, 0) is 0 Å². The van der Waals surface area contributed by atoms with Crippen LogP contribution < -0.4 is 0 Å². The summed E-state index contributed by atoms with van der Waals surface area (Å²) in [4.78, 5) is 2.47. The van der Waals surface area contributed by atoms with Gasteiger partial charge in [-0.05, 0) is 51.0 Å². The van der Waals surface area contributed by atoms with Crippen molar-refractivity contribution in [3.05, 3.63) is 0 Å². The lowest BCUT2D eigenvalue weighted by molar-refractivity contribution is 0.000520. The molecule has 96 valence electrons. The third-order valence-corrected chi connectivity index (χ3v) is 4.08. The quantitative estimate of drug-likeness (QED) is 0.798. The van der Waals surface area contributed by atoms with E-state index in [-0.39, 0.29) is 6.10 Å². The molecule has 0 radical (unpaired) electrons. The van der Waals surface area contributed by atoms with Crippen molar-refractivity contribution in [1.82, 2.24) is 4.90 Å². The minimum atomic E-state index is -0.0826. The van der Waals surface area contributed by atoms with Crippen molar-refractivity contribution in [2.45, 2.75) is 66.0 Å². The zero-order valence-corrected chi connectivity index (χ0v) is 11.7. The lowest BCUT2D eigenvalue weighted by Gasteiger charge is -2.41. The monoisotopic (exact) mass is 227 g/mol. The van der Waals surface area contributed by atoms with Crippen LogP contribution in [0.1, 0.15) is 53.9 Å². The van der Waals surface area contributed by atoms with Crippen molar-refractivity contribution in [1.29, 1.82) is 0 Å². The maximum atomic E-state index is 10.1. The van der Waals surface area contributed by atoms with Gasteiger partial charge in [0.05, 0.1) is 6.10 Å². The summed E-state index contributed by atoms with van der Waals surface area (Å²) < 4.78 is 0. The van der Waals surface area contributed by atoms with E-state index in [4.69, 9.17) is 0 Å². The molecule has 1 N–H and O–H groups in total. The van der Waals surface area contributed by atoms with Crippen LogP contribution in [0.2, 0.25) is 0 Å². The summed E-state index contributed by atoms with van der Waals surface area (Å²) in [7, 11) is 0. The van der Waals surface area contributed by atoms with Gasteiger partial charge in [-0.15, -0.1) is 0 Å². The Bertz CT molecular complexity index is 213. The summed E-state index contributed by atoms with van der Waals surface area (Å²) in [6.45, 7) is 13.5. The zero-order chi connectivity index (χ0) is 12.3. The van der Waals surface area contributed by atoms with Gasteiger partial charge in [0.25, 0.3) is 0 Å². The van der Waals surface area contributed by atoms with E-state index in [1.54, 1.807) is 0 Å². The molecule has 2 nitrogen and oxygen atoms in total. The van der Waals surface area contributed by atoms with Gasteiger partial charge in [-0.3, -0.25) is 0 Å². The van der Waals surface area contributed by atoms with E-state index in [0.29, 0.717) is 17.4 Å². The number of nitrogens with zero attached hydrogens (tertiary/aromatic N) is 1. The Kier molecular flexibility index (Phi) is 4.81. The minimum Gasteiger partial charge on any atom is -0.393 e. The van der Waals surface area contributed by atoms with Crippen LogP contribution in [0, 0.1) is 11.3 Å². The fourth-order valence-electron chi connectivity index (χ4n) is 2.91.